The summed E-state index contributed by atoms with van der Waals surface area (Å²) < 4.78 is 55.8. The number of hydrogen-bond donors (Lipinski definition) is 1. The molecule has 1 aromatic rings. The first-order valence-corrected chi connectivity index (χ1v) is 9.57. The van der Waals surface area contributed by atoms with Crippen LogP contribution in [0.25, 0.3) is 0 Å². The normalized spacial score (nSPS) is 25.9. The van der Waals surface area contributed by atoms with Crippen LogP contribution in [0.15, 0.2) is 23.1 Å². The van der Waals surface area contributed by atoms with Crippen LogP contribution in [-0.2, 0) is 10.0 Å². The molecule has 1 aromatic carbocycles. The first-order chi connectivity index (χ1) is 11.3. The molecule has 0 spiro atoms. The number of piperidine rings is 1. The van der Waals surface area contributed by atoms with Crippen LogP contribution in [0.4, 0.5) is 8.78 Å². The Kier molecular flexibility index (Phi) is 6.54. The number of benzene rings is 1. The van der Waals surface area contributed by atoms with Crippen molar-refractivity contribution in [1.82, 2.24) is 9.62 Å². The summed E-state index contributed by atoms with van der Waals surface area (Å²) in [6, 6.07) is 4.19. The molecule has 0 aliphatic carbocycles. The van der Waals surface area contributed by atoms with Gasteiger partial charge in [0.15, 0.2) is 0 Å². The van der Waals surface area contributed by atoms with Crippen molar-refractivity contribution >= 4 is 34.0 Å². The lowest BCUT2D eigenvalue weighted by molar-refractivity contribution is -0.0498. The summed E-state index contributed by atoms with van der Waals surface area (Å²) in [5.74, 6) is -0.242. The standard InChI is InChI=1S/C15H19ClF2N2O3S.ClH/c1-20(11-6-9-2-3-10(7-11)19-9)24(21,22)12-4-5-14(13(16)8-12)23-15(17)18;/h4-5,8-11,15,19H,2-3,6-7H2,1H3;1H. The second-order valence-corrected chi connectivity index (χ2v) is 8.66. The van der Waals surface area contributed by atoms with Gasteiger partial charge in [-0.25, -0.2) is 8.42 Å². The lowest BCUT2D eigenvalue weighted by Crippen LogP contribution is -2.48. The maximum atomic E-state index is 12.8. The minimum atomic E-state index is -3.75. The molecule has 2 saturated heterocycles. The highest BCUT2D eigenvalue weighted by Gasteiger charge is 2.38. The smallest absolute Gasteiger partial charge is 0.387 e. The number of fused-ring (bicyclic) bond motifs is 2. The monoisotopic (exact) mass is 416 g/mol. The van der Waals surface area contributed by atoms with Crippen LogP contribution in [0, 0.1) is 0 Å². The van der Waals surface area contributed by atoms with E-state index in [4.69, 9.17) is 11.6 Å². The number of nitrogens with one attached hydrogen (secondary N) is 1. The van der Waals surface area contributed by atoms with Crippen LogP contribution in [0.5, 0.6) is 5.75 Å². The molecule has 10 heteroatoms. The van der Waals surface area contributed by atoms with E-state index in [1.165, 1.54) is 10.4 Å². The molecule has 2 unspecified atom stereocenters. The molecule has 142 valence electrons. The predicted octanol–water partition coefficient (Wildman–Crippen LogP) is 3.27. The second kappa shape index (κ2) is 7.92. The molecule has 0 radical (unpaired) electrons. The second-order valence-electron chi connectivity index (χ2n) is 6.26. The highest BCUT2D eigenvalue weighted by atomic mass is 35.5. The van der Waals surface area contributed by atoms with Gasteiger partial charge in [-0.3, -0.25) is 0 Å². The van der Waals surface area contributed by atoms with Gasteiger partial charge in [-0.2, -0.15) is 13.1 Å². The molecular formula is C15H20Cl2F2N2O3S. The first-order valence-electron chi connectivity index (χ1n) is 7.76. The first kappa shape index (κ1) is 20.6. The number of rotatable bonds is 5. The highest BCUT2D eigenvalue weighted by molar-refractivity contribution is 7.89. The van der Waals surface area contributed by atoms with E-state index in [9.17, 15) is 17.2 Å². The van der Waals surface area contributed by atoms with Crippen molar-refractivity contribution in [3.05, 3.63) is 23.2 Å². The van der Waals surface area contributed by atoms with E-state index in [-0.39, 0.29) is 34.1 Å². The van der Waals surface area contributed by atoms with Crippen molar-refractivity contribution in [2.75, 3.05) is 7.05 Å². The number of ether oxygens (including phenoxy) is 1. The summed E-state index contributed by atoms with van der Waals surface area (Å²) in [5.41, 5.74) is 0. The summed E-state index contributed by atoms with van der Waals surface area (Å²) in [5, 5.41) is 3.31. The van der Waals surface area contributed by atoms with Crippen molar-refractivity contribution in [1.29, 1.82) is 0 Å². The summed E-state index contributed by atoms with van der Waals surface area (Å²) >= 11 is 5.88. The van der Waals surface area contributed by atoms with Gasteiger partial charge < -0.3 is 10.1 Å². The molecule has 2 aliphatic rings. The van der Waals surface area contributed by atoms with Crippen molar-refractivity contribution in [3.8, 4) is 5.75 Å². The molecule has 3 rings (SSSR count). The Morgan fingerprint density at radius 1 is 1.28 bits per heavy atom. The Balaban J connectivity index is 0.00000225. The summed E-state index contributed by atoms with van der Waals surface area (Å²) in [7, 11) is -2.19. The zero-order valence-electron chi connectivity index (χ0n) is 13.5. The van der Waals surface area contributed by atoms with Gasteiger partial charge in [0.2, 0.25) is 10.0 Å². The SMILES string of the molecule is CN(C1CC2CCC(C1)N2)S(=O)(=O)c1ccc(OC(F)F)c(Cl)c1.Cl. The Morgan fingerprint density at radius 2 is 1.88 bits per heavy atom. The molecule has 5 nitrogen and oxygen atoms in total. The van der Waals surface area contributed by atoms with E-state index in [1.54, 1.807) is 7.05 Å². The average molecular weight is 417 g/mol. The number of halogens is 4. The van der Waals surface area contributed by atoms with Gasteiger partial charge in [0.1, 0.15) is 5.75 Å². The number of sulfonamides is 1. The van der Waals surface area contributed by atoms with Crippen LogP contribution in [-0.4, -0.2) is 44.5 Å². The summed E-state index contributed by atoms with van der Waals surface area (Å²) in [6.45, 7) is -3.02. The van der Waals surface area contributed by atoms with Crippen LogP contribution < -0.4 is 10.1 Å². The molecule has 2 aliphatic heterocycles. The molecule has 0 saturated carbocycles. The van der Waals surface area contributed by atoms with Gasteiger partial charge in [0.05, 0.1) is 9.92 Å². The number of nitrogens with zero attached hydrogens (tertiary/aromatic N) is 1. The fourth-order valence-corrected chi connectivity index (χ4v) is 5.21. The molecule has 1 N–H and O–H groups in total. The maximum Gasteiger partial charge on any atom is 0.387 e. The predicted molar refractivity (Wildman–Crippen MR) is 93.2 cm³/mol. The van der Waals surface area contributed by atoms with Crippen LogP contribution in [0.3, 0.4) is 0 Å². The van der Waals surface area contributed by atoms with Crippen molar-refractivity contribution in [2.45, 2.75) is 55.3 Å². The molecule has 0 aromatic heterocycles. The van der Waals surface area contributed by atoms with Crippen LogP contribution in [0.2, 0.25) is 5.02 Å². The maximum absolute atomic E-state index is 12.8. The average Bonchev–Trinajstić information content (AvgIpc) is 2.86. The van der Waals surface area contributed by atoms with E-state index in [0.29, 0.717) is 12.1 Å². The minimum absolute atomic E-state index is 0. The quantitative estimate of drug-likeness (QED) is 0.799. The molecule has 2 heterocycles. The zero-order valence-corrected chi connectivity index (χ0v) is 15.9. The Bertz CT molecular complexity index is 709. The highest BCUT2D eigenvalue weighted by Crippen LogP contribution is 2.34. The fraction of sp³-hybridized carbons (Fsp3) is 0.600. The number of hydrogen-bond acceptors (Lipinski definition) is 4. The van der Waals surface area contributed by atoms with Gasteiger partial charge in [-0.05, 0) is 43.9 Å². The van der Waals surface area contributed by atoms with Gasteiger partial charge in [-0.1, -0.05) is 11.6 Å². The largest absolute Gasteiger partial charge is 0.433 e. The summed E-state index contributed by atoms with van der Waals surface area (Å²) in [6.07, 6.45) is 3.68. The van der Waals surface area contributed by atoms with Gasteiger partial charge in [-0.15, -0.1) is 12.4 Å². The minimum Gasteiger partial charge on any atom is -0.433 e. The number of alkyl halides is 2. The molecular weight excluding hydrogens is 397 g/mol. The van der Waals surface area contributed by atoms with Crippen molar-refractivity contribution in [2.24, 2.45) is 0 Å². The van der Waals surface area contributed by atoms with Crippen molar-refractivity contribution in [3.63, 3.8) is 0 Å². The topological polar surface area (TPSA) is 58.6 Å². The van der Waals surface area contributed by atoms with Crippen molar-refractivity contribution < 1.29 is 21.9 Å². The Morgan fingerprint density at radius 3 is 2.40 bits per heavy atom. The third-order valence-corrected chi connectivity index (χ3v) is 6.96. The van der Waals surface area contributed by atoms with Gasteiger partial charge in [0.25, 0.3) is 0 Å². The molecule has 0 amide bonds. The third-order valence-electron chi connectivity index (χ3n) is 4.76. The summed E-state index contributed by atoms with van der Waals surface area (Å²) in [4.78, 5) is -0.0255. The molecule has 2 atom stereocenters. The molecule has 2 fully saturated rings. The third kappa shape index (κ3) is 4.36. The van der Waals surface area contributed by atoms with E-state index in [2.05, 4.69) is 10.1 Å². The van der Waals surface area contributed by atoms with E-state index >= 15 is 0 Å². The lowest BCUT2D eigenvalue weighted by atomic mass is 10.0. The van der Waals surface area contributed by atoms with E-state index in [1.807, 2.05) is 0 Å². The van der Waals surface area contributed by atoms with E-state index in [0.717, 1.165) is 37.8 Å². The molecule has 25 heavy (non-hydrogen) atoms. The van der Waals surface area contributed by atoms with Crippen LogP contribution in [0.1, 0.15) is 25.7 Å². The fourth-order valence-electron chi connectivity index (χ4n) is 3.52. The lowest BCUT2D eigenvalue weighted by Gasteiger charge is -2.34. The Labute approximate surface area is 157 Å². The van der Waals surface area contributed by atoms with Crippen LogP contribution >= 0.6 is 24.0 Å². The molecule has 2 bridgehead atoms. The zero-order chi connectivity index (χ0) is 17.5. The van der Waals surface area contributed by atoms with Gasteiger partial charge >= 0.3 is 6.61 Å². The Hall–Kier alpha value is -0.670. The van der Waals surface area contributed by atoms with E-state index < -0.39 is 16.6 Å². The van der Waals surface area contributed by atoms with Gasteiger partial charge in [0, 0.05) is 25.2 Å².